The van der Waals surface area contributed by atoms with Crippen molar-refractivity contribution in [2.24, 2.45) is 0 Å². The van der Waals surface area contributed by atoms with Crippen LogP contribution in [0.4, 0.5) is 0 Å². The topological polar surface area (TPSA) is 54.6 Å². The first-order chi connectivity index (χ1) is 7.15. The number of pyridine rings is 1. The van der Waals surface area contributed by atoms with Crippen molar-refractivity contribution in [3.05, 3.63) is 34.9 Å². The van der Waals surface area contributed by atoms with E-state index in [0.717, 1.165) is 0 Å². The van der Waals surface area contributed by atoms with Gasteiger partial charge in [-0.2, -0.15) is 12.6 Å². The standard InChI is InChI=1S/C9H7ClN2O2S/c10-5-2-1-3-12-6(4-15)11-7(8(5)12)9(13)14/h1-3,15H,4H2,(H,13,14). The number of carboxylic acid groups (broad SMARTS) is 1. The number of hydrogen-bond donors (Lipinski definition) is 2. The van der Waals surface area contributed by atoms with Gasteiger partial charge in [0.2, 0.25) is 0 Å². The molecule has 0 radical (unpaired) electrons. The summed E-state index contributed by atoms with van der Waals surface area (Å²) in [5.74, 6) is -0.170. The second kappa shape index (κ2) is 3.75. The Morgan fingerprint density at radius 2 is 2.40 bits per heavy atom. The average molecular weight is 243 g/mol. The van der Waals surface area contributed by atoms with Crippen LogP contribution >= 0.6 is 24.2 Å². The Balaban J connectivity index is 2.88. The molecule has 0 fully saturated rings. The van der Waals surface area contributed by atoms with Crippen LogP contribution in [0.1, 0.15) is 16.3 Å². The Hall–Kier alpha value is -1.20. The molecule has 2 rings (SSSR count). The molecule has 0 aliphatic rings. The normalized spacial score (nSPS) is 10.8. The number of thiol groups is 1. The zero-order valence-corrected chi connectivity index (χ0v) is 9.16. The minimum absolute atomic E-state index is 0.0374. The number of nitrogens with zero attached hydrogens (tertiary/aromatic N) is 2. The van der Waals surface area contributed by atoms with Gasteiger partial charge in [0.1, 0.15) is 5.82 Å². The Kier molecular flexibility index (Phi) is 2.58. The van der Waals surface area contributed by atoms with Crippen LogP contribution in [-0.2, 0) is 5.75 Å². The van der Waals surface area contributed by atoms with Gasteiger partial charge in [0.15, 0.2) is 5.69 Å². The second-order valence-corrected chi connectivity index (χ2v) is 3.64. The van der Waals surface area contributed by atoms with Gasteiger partial charge in [-0.3, -0.25) is 0 Å². The van der Waals surface area contributed by atoms with Gasteiger partial charge in [-0.05, 0) is 12.1 Å². The van der Waals surface area contributed by atoms with Crippen LogP contribution in [-0.4, -0.2) is 20.5 Å². The maximum absolute atomic E-state index is 10.9. The fourth-order valence-electron chi connectivity index (χ4n) is 1.42. The number of carboxylic acids is 1. The van der Waals surface area contributed by atoms with Gasteiger partial charge < -0.3 is 9.51 Å². The van der Waals surface area contributed by atoms with Gasteiger partial charge >= 0.3 is 5.97 Å². The quantitative estimate of drug-likeness (QED) is 0.794. The number of halogens is 1. The van der Waals surface area contributed by atoms with E-state index in [4.69, 9.17) is 16.7 Å². The first-order valence-electron chi connectivity index (χ1n) is 4.14. The molecule has 4 nitrogen and oxygen atoms in total. The van der Waals surface area contributed by atoms with E-state index in [9.17, 15) is 4.79 Å². The third kappa shape index (κ3) is 1.57. The van der Waals surface area contributed by atoms with E-state index < -0.39 is 5.97 Å². The number of rotatable bonds is 2. The highest BCUT2D eigenvalue weighted by atomic mass is 35.5. The van der Waals surface area contributed by atoms with Gasteiger partial charge in [-0.1, -0.05) is 11.6 Å². The molecule has 15 heavy (non-hydrogen) atoms. The molecule has 2 aromatic rings. The summed E-state index contributed by atoms with van der Waals surface area (Å²) in [6, 6.07) is 3.36. The van der Waals surface area contributed by atoms with E-state index in [1.165, 1.54) is 0 Å². The molecule has 0 spiro atoms. The van der Waals surface area contributed by atoms with E-state index in [-0.39, 0.29) is 5.69 Å². The molecule has 78 valence electrons. The van der Waals surface area contributed by atoms with Crippen molar-refractivity contribution in [2.75, 3.05) is 0 Å². The Morgan fingerprint density at radius 1 is 1.67 bits per heavy atom. The lowest BCUT2D eigenvalue weighted by Crippen LogP contribution is -1.97. The van der Waals surface area contributed by atoms with Gasteiger partial charge in [0.25, 0.3) is 0 Å². The summed E-state index contributed by atoms with van der Waals surface area (Å²) in [5.41, 5.74) is 0.375. The molecule has 0 amide bonds. The molecule has 6 heteroatoms. The van der Waals surface area contributed by atoms with Crippen LogP contribution < -0.4 is 0 Å². The van der Waals surface area contributed by atoms with E-state index >= 15 is 0 Å². The molecule has 0 saturated carbocycles. The van der Waals surface area contributed by atoms with Crippen LogP contribution in [0.15, 0.2) is 18.3 Å². The smallest absolute Gasteiger partial charge is 0.356 e. The third-order valence-electron chi connectivity index (χ3n) is 2.03. The van der Waals surface area contributed by atoms with Crippen molar-refractivity contribution < 1.29 is 9.90 Å². The molecular formula is C9H7ClN2O2S. The number of carbonyl (C=O) groups is 1. The molecule has 1 N–H and O–H groups in total. The van der Waals surface area contributed by atoms with Crippen molar-refractivity contribution in [3.8, 4) is 0 Å². The van der Waals surface area contributed by atoms with Crippen molar-refractivity contribution in [1.82, 2.24) is 9.38 Å². The summed E-state index contributed by atoms with van der Waals surface area (Å²) in [6.07, 6.45) is 1.71. The fraction of sp³-hybridized carbons (Fsp3) is 0.111. The van der Waals surface area contributed by atoms with E-state index in [0.29, 0.717) is 22.1 Å². The number of fused-ring (bicyclic) bond motifs is 1. The summed E-state index contributed by atoms with van der Waals surface area (Å²) in [4.78, 5) is 14.9. The lowest BCUT2D eigenvalue weighted by atomic mass is 10.3. The Labute approximate surface area is 95.9 Å². The second-order valence-electron chi connectivity index (χ2n) is 2.91. The van der Waals surface area contributed by atoms with Crippen molar-refractivity contribution in [1.29, 1.82) is 0 Å². The summed E-state index contributed by atoms with van der Waals surface area (Å²) in [5, 5.41) is 9.33. The lowest BCUT2D eigenvalue weighted by molar-refractivity contribution is 0.0693. The van der Waals surface area contributed by atoms with Gasteiger partial charge in [0.05, 0.1) is 10.5 Å². The van der Waals surface area contributed by atoms with Crippen LogP contribution in [0.25, 0.3) is 5.52 Å². The Morgan fingerprint density at radius 3 is 3.00 bits per heavy atom. The number of aromatic carboxylic acids is 1. The molecule has 0 aromatic carbocycles. The Bertz CT molecular complexity index is 538. The molecule has 2 heterocycles. The number of imidazole rings is 1. The van der Waals surface area contributed by atoms with Crippen molar-refractivity contribution in [3.63, 3.8) is 0 Å². The molecule has 0 aliphatic carbocycles. The van der Waals surface area contributed by atoms with E-state index in [1.54, 1.807) is 22.7 Å². The van der Waals surface area contributed by atoms with Crippen LogP contribution in [0.5, 0.6) is 0 Å². The third-order valence-corrected chi connectivity index (χ3v) is 2.62. The molecule has 0 atom stereocenters. The van der Waals surface area contributed by atoms with Crippen LogP contribution in [0, 0.1) is 0 Å². The van der Waals surface area contributed by atoms with E-state index in [1.807, 2.05) is 0 Å². The zero-order chi connectivity index (χ0) is 11.0. The predicted molar refractivity (Wildman–Crippen MR) is 59.9 cm³/mol. The average Bonchev–Trinajstić information content (AvgIpc) is 2.58. The van der Waals surface area contributed by atoms with Crippen LogP contribution in [0.2, 0.25) is 5.02 Å². The number of hydrogen-bond acceptors (Lipinski definition) is 3. The maximum atomic E-state index is 10.9. The van der Waals surface area contributed by atoms with Gasteiger partial charge in [-0.25, -0.2) is 9.78 Å². The molecule has 2 aromatic heterocycles. The fourth-order valence-corrected chi connectivity index (χ4v) is 1.90. The minimum atomic E-state index is -1.09. The highest BCUT2D eigenvalue weighted by Crippen LogP contribution is 2.22. The highest BCUT2D eigenvalue weighted by molar-refractivity contribution is 7.79. The zero-order valence-electron chi connectivity index (χ0n) is 7.51. The molecule has 0 saturated heterocycles. The molecule has 0 aliphatic heterocycles. The molecule has 0 bridgehead atoms. The van der Waals surface area contributed by atoms with Gasteiger partial charge in [-0.15, -0.1) is 0 Å². The lowest BCUT2D eigenvalue weighted by Gasteiger charge is -1.98. The summed E-state index contributed by atoms with van der Waals surface area (Å²) in [7, 11) is 0. The predicted octanol–water partition coefficient (Wildman–Crippen LogP) is 2.12. The molecular weight excluding hydrogens is 236 g/mol. The largest absolute Gasteiger partial charge is 0.476 e. The molecule has 0 unspecified atom stereocenters. The monoisotopic (exact) mass is 242 g/mol. The van der Waals surface area contributed by atoms with Crippen molar-refractivity contribution in [2.45, 2.75) is 5.75 Å². The summed E-state index contributed by atoms with van der Waals surface area (Å²) >= 11 is 10.0. The summed E-state index contributed by atoms with van der Waals surface area (Å²) < 4.78 is 1.64. The SMILES string of the molecule is O=C(O)c1nc(CS)n2cccc(Cl)c12. The first-order valence-corrected chi connectivity index (χ1v) is 5.15. The van der Waals surface area contributed by atoms with Gasteiger partial charge in [0, 0.05) is 11.9 Å². The highest BCUT2D eigenvalue weighted by Gasteiger charge is 2.17. The summed E-state index contributed by atoms with van der Waals surface area (Å²) in [6.45, 7) is 0. The number of aromatic nitrogens is 2. The van der Waals surface area contributed by atoms with Crippen molar-refractivity contribution >= 4 is 35.7 Å². The minimum Gasteiger partial charge on any atom is -0.476 e. The van der Waals surface area contributed by atoms with Crippen LogP contribution in [0.3, 0.4) is 0 Å². The maximum Gasteiger partial charge on any atom is 0.356 e. The first kappa shape index (κ1) is 10.3. The van der Waals surface area contributed by atoms with E-state index in [2.05, 4.69) is 17.6 Å².